The lowest BCUT2D eigenvalue weighted by molar-refractivity contribution is -0.385. The Bertz CT molecular complexity index is 821. The van der Waals surface area contributed by atoms with Gasteiger partial charge < -0.3 is 5.32 Å². The van der Waals surface area contributed by atoms with Gasteiger partial charge in [-0.3, -0.25) is 19.9 Å². The van der Waals surface area contributed by atoms with Gasteiger partial charge in [-0.1, -0.05) is 0 Å². The summed E-state index contributed by atoms with van der Waals surface area (Å²) in [6, 6.07) is 2.94. The van der Waals surface area contributed by atoms with E-state index in [2.05, 4.69) is 10.3 Å². The van der Waals surface area contributed by atoms with E-state index in [4.69, 9.17) is 0 Å². The second-order valence-corrected chi connectivity index (χ2v) is 4.74. The third kappa shape index (κ3) is 3.65. The number of amides is 1. The van der Waals surface area contributed by atoms with Crippen molar-refractivity contribution in [3.8, 4) is 0 Å². The molecule has 1 amide bonds. The molecule has 0 fully saturated rings. The lowest BCUT2D eigenvalue weighted by Crippen LogP contribution is -2.16. The van der Waals surface area contributed by atoms with Gasteiger partial charge in [0.25, 0.3) is 11.6 Å². The molecule has 0 saturated heterocycles. The molecule has 0 spiro atoms. The zero-order chi connectivity index (χ0) is 18.1. The molecule has 24 heavy (non-hydrogen) atoms. The Balaban J connectivity index is 2.32. The number of alkyl halides is 3. The monoisotopic (exact) mass is 343 g/mol. The molecule has 1 aromatic heterocycles. The number of aromatic nitrogens is 1. The fourth-order valence-corrected chi connectivity index (χ4v) is 1.85. The maximum atomic E-state index is 13.7. The second kappa shape index (κ2) is 6.22. The summed E-state index contributed by atoms with van der Waals surface area (Å²) in [5, 5.41) is 12.9. The van der Waals surface area contributed by atoms with Crippen LogP contribution in [0.4, 0.5) is 28.9 Å². The van der Waals surface area contributed by atoms with Gasteiger partial charge in [-0.25, -0.2) is 4.39 Å². The molecule has 6 nitrogen and oxygen atoms in total. The first-order valence-electron chi connectivity index (χ1n) is 6.38. The van der Waals surface area contributed by atoms with E-state index in [1.807, 2.05) is 0 Å². The summed E-state index contributed by atoms with van der Waals surface area (Å²) in [4.78, 5) is 25.4. The Labute approximate surface area is 132 Å². The van der Waals surface area contributed by atoms with Gasteiger partial charge in [0.05, 0.1) is 21.7 Å². The quantitative estimate of drug-likeness (QED) is 0.523. The average Bonchev–Trinajstić information content (AvgIpc) is 2.49. The van der Waals surface area contributed by atoms with Crippen molar-refractivity contribution in [1.82, 2.24) is 4.98 Å². The number of carbonyl (C=O) groups is 1. The zero-order valence-corrected chi connectivity index (χ0v) is 12.0. The first-order chi connectivity index (χ1) is 11.1. The largest absolute Gasteiger partial charge is 0.416 e. The van der Waals surface area contributed by atoms with Crippen LogP contribution in [0.25, 0.3) is 0 Å². The van der Waals surface area contributed by atoms with Gasteiger partial charge in [0, 0.05) is 12.3 Å². The van der Waals surface area contributed by atoms with Crippen molar-refractivity contribution >= 4 is 17.3 Å². The highest BCUT2D eigenvalue weighted by molar-refractivity contribution is 6.03. The topological polar surface area (TPSA) is 85.1 Å². The van der Waals surface area contributed by atoms with Crippen molar-refractivity contribution in [3.63, 3.8) is 0 Å². The van der Waals surface area contributed by atoms with Crippen molar-refractivity contribution in [2.75, 3.05) is 5.32 Å². The molecule has 0 radical (unpaired) electrons. The van der Waals surface area contributed by atoms with Gasteiger partial charge >= 0.3 is 6.18 Å². The molecule has 0 aliphatic rings. The van der Waals surface area contributed by atoms with Crippen LogP contribution in [0, 0.1) is 22.9 Å². The Hall–Kier alpha value is -3.04. The molecule has 2 rings (SSSR count). The molecule has 0 atom stereocenters. The Kier molecular flexibility index (Phi) is 4.49. The summed E-state index contributed by atoms with van der Waals surface area (Å²) in [5.74, 6) is -1.99. The van der Waals surface area contributed by atoms with E-state index in [-0.39, 0.29) is 11.3 Å². The van der Waals surface area contributed by atoms with Gasteiger partial charge in [-0.2, -0.15) is 13.2 Å². The Morgan fingerprint density at radius 1 is 1.29 bits per heavy atom. The zero-order valence-electron chi connectivity index (χ0n) is 12.0. The fourth-order valence-electron chi connectivity index (χ4n) is 1.85. The number of anilines is 1. The number of nitrogens with one attached hydrogen (secondary N) is 1. The Morgan fingerprint density at radius 2 is 1.96 bits per heavy atom. The van der Waals surface area contributed by atoms with Crippen molar-refractivity contribution in [2.24, 2.45) is 0 Å². The van der Waals surface area contributed by atoms with E-state index in [1.165, 1.54) is 6.92 Å². The van der Waals surface area contributed by atoms with Crippen LogP contribution < -0.4 is 5.32 Å². The summed E-state index contributed by atoms with van der Waals surface area (Å²) in [6.45, 7) is 1.19. The smallest absolute Gasteiger partial charge is 0.320 e. The molecule has 2 aromatic rings. The van der Waals surface area contributed by atoms with E-state index < -0.39 is 39.8 Å². The maximum absolute atomic E-state index is 13.7. The van der Waals surface area contributed by atoms with E-state index >= 15 is 0 Å². The molecular weight excluding hydrogens is 334 g/mol. The van der Waals surface area contributed by atoms with Crippen LogP contribution >= 0.6 is 0 Å². The highest BCUT2D eigenvalue weighted by Gasteiger charge is 2.31. The number of halogens is 4. The summed E-state index contributed by atoms with van der Waals surface area (Å²) < 4.78 is 51.5. The standard InChI is InChI=1S/C14H9F4N3O3/c1-7-10(15)5-9(6-12(7)21(23)24)20-13(22)11-4-8(2-3-19-11)14(16,17)18/h2-6H,1H3,(H,20,22). The molecule has 10 heteroatoms. The van der Waals surface area contributed by atoms with Crippen LogP contribution in [0.15, 0.2) is 30.5 Å². The lowest BCUT2D eigenvalue weighted by Gasteiger charge is -2.09. The van der Waals surface area contributed by atoms with Crippen LogP contribution in [0.2, 0.25) is 0 Å². The van der Waals surface area contributed by atoms with Crippen LogP contribution in [0.3, 0.4) is 0 Å². The van der Waals surface area contributed by atoms with Crippen molar-refractivity contribution < 1.29 is 27.3 Å². The van der Waals surface area contributed by atoms with Crippen LogP contribution in [0.1, 0.15) is 21.6 Å². The predicted octanol–water partition coefficient (Wildman–Crippen LogP) is 3.71. The number of hydrogen-bond acceptors (Lipinski definition) is 4. The number of nitrogens with zero attached hydrogens (tertiary/aromatic N) is 2. The van der Waals surface area contributed by atoms with Gasteiger partial charge in [-0.05, 0) is 25.1 Å². The lowest BCUT2D eigenvalue weighted by atomic mass is 10.1. The van der Waals surface area contributed by atoms with Crippen molar-refractivity contribution in [3.05, 3.63) is 63.2 Å². The van der Waals surface area contributed by atoms with Gasteiger partial charge in [0.1, 0.15) is 11.5 Å². The van der Waals surface area contributed by atoms with Gasteiger partial charge in [0.15, 0.2) is 0 Å². The average molecular weight is 343 g/mol. The van der Waals surface area contributed by atoms with E-state index in [1.54, 1.807) is 0 Å². The van der Waals surface area contributed by atoms with Crippen LogP contribution in [-0.4, -0.2) is 15.8 Å². The molecule has 0 aliphatic heterocycles. The summed E-state index contributed by atoms with van der Waals surface area (Å²) in [7, 11) is 0. The normalized spacial score (nSPS) is 11.2. The fraction of sp³-hybridized carbons (Fsp3) is 0.143. The van der Waals surface area contributed by atoms with E-state index in [9.17, 15) is 32.5 Å². The number of nitro groups is 1. The minimum absolute atomic E-state index is 0.227. The summed E-state index contributed by atoms with van der Waals surface area (Å²) >= 11 is 0. The predicted molar refractivity (Wildman–Crippen MR) is 75.0 cm³/mol. The van der Waals surface area contributed by atoms with Gasteiger partial charge in [-0.15, -0.1) is 0 Å². The minimum Gasteiger partial charge on any atom is -0.320 e. The number of nitro benzene ring substituents is 1. The number of hydrogen-bond donors (Lipinski definition) is 1. The molecule has 1 aromatic carbocycles. The number of rotatable bonds is 3. The third-order valence-electron chi connectivity index (χ3n) is 3.09. The molecule has 0 bridgehead atoms. The number of carbonyl (C=O) groups excluding carboxylic acids is 1. The van der Waals surface area contributed by atoms with Crippen molar-refractivity contribution in [1.29, 1.82) is 0 Å². The summed E-state index contributed by atoms with van der Waals surface area (Å²) in [5.41, 5.74) is -2.70. The highest BCUT2D eigenvalue weighted by atomic mass is 19.4. The number of benzene rings is 1. The minimum atomic E-state index is -4.66. The Morgan fingerprint density at radius 3 is 2.54 bits per heavy atom. The second-order valence-electron chi connectivity index (χ2n) is 4.74. The van der Waals surface area contributed by atoms with Crippen LogP contribution in [-0.2, 0) is 6.18 Å². The first-order valence-corrected chi connectivity index (χ1v) is 6.38. The van der Waals surface area contributed by atoms with Crippen LogP contribution in [0.5, 0.6) is 0 Å². The van der Waals surface area contributed by atoms with E-state index in [0.29, 0.717) is 12.1 Å². The number of pyridine rings is 1. The molecule has 0 unspecified atom stereocenters. The molecular formula is C14H9F4N3O3. The van der Waals surface area contributed by atoms with E-state index in [0.717, 1.165) is 18.3 Å². The molecule has 1 N–H and O–H groups in total. The first kappa shape index (κ1) is 17.3. The SMILES string of the molecule is Cc1c(F)cc(NC(=O)c2cc(C(F)(F)F)ccn2)cc1[N+](=O)[O-]. The molecule has 126 valence electrons. The highest BCUT2D eigenvalue weighted by Crippen LogP contribution is 2.29. The summed E-state index contributed by atoms with van der Waals surface area (Å²) in [6.07, 6.45) is -3.86. The molecule has 0 saturated carbocycles. The molecule has 0 aliphatic carbocycles. The van der Waals surface area contributed by atoms with Crippen molar-refractivity contribution in [2.45, 2.75) is 13.1 Å². The third-order valence-corrected chi connectivity index (χ3v) is 3.09. The maximum Gasteiger partial charge on any atom is 0.416 e. The van der Waals surface area contributed by atoms with Gasteiger partial charge in [0.2, 0.25) is 0 Å². The molecule has 1 heterocycles.